The van der Waals surface area contributed by atoms with Crippen molar-refractivity contribution in [2.75, 3.05) is 0 Å². The topological polar surface area (TPSA) is 28.7 Å². The van der Waals surface area contributed by atoms with Crippen molar-refractivity contribution in [1.82, 2.24) is 10.2 Å². The maximum absolute atomic E-state index is 13.5. The van der Waals surface area contributed by atoms with Crippen LogP contribution in [0.3, 0.4) is 0 Å². The van der Waals surface area contributed by atoms with Crippen LogP contribution in [-0.4, -0.2) is 10.2 Å². The fourth-order valence-electron chi connectivity index (χ4n) is 1.32. The molecule has 0 aliphatic heterocycles. The Morgan fingerprint density at radius 1 is 1.33 bits per heavy atom. The largest absolute Gasteiger partial charge is 0.266 e. The summed E-state index contributed by atoms with van der Waals surface area (Å²) < 4.78 is 13.5. The SMILES string of the molecule is Cc1c(-c2ccc(Cl)cc2F)n[nH]c1Cl. The molecular formula is C10H7Cl2FN2. The smallest absolute Gasteiger partial charge is 0.134 e. The summed E-state index contributed by atoms with van der Waals surface area (Å²) in [6.45, 7) is 1.77. The third kappa shape index (κ3) is 1.85. The van der Waals surface area contributed by atoms with E-state index in [1.165, 1.54) is 6.07 Å². The molecule has 0 fully saturated rings. The number of benzene rings is 1. The Morgan fingerprint density at radius 3 is 2.60 bits per heavy atom. The molecule has 0 aliphatic carbocycles. The van der Waals surface area contributed by atoms with Crippen molar-refractivity contribution in [3.8, 4) is 11.3 Å². The Labute approximate surface area is 96.0 Å². The van der Waals surface area contributed by atoms with Gasteiger partial charge in [0.1, 0.15) is 11.0 Å². The highest BCUT2D eigenvalue weighted by Crippen LogP contribution is 2.29. The van der Waals surface area contributed by atoms with E-state index in [4.69, 9.17) is 23.2 Å². The molecule has 2 rings (SSSR count). The third-order valence-corrected chi connectivity index (χ3v) is 2.74. The van der Waals surface area contributed by atoms with Crippen molar-refractivity contribution in [2.24, 2.45) is 0 Å². The first-order chi connectivity index (χ1) is 7.09. The highest BCUT2D eigenvalue weighted by molar-refractivity contribution is 6.31. The summed E-state index contributed by atoms with van der Waals surface area (Å²) in [5.74, 6) is -0.409. The van der Waals surface area contributed by atoms with E-state index in [9.17, 15) is 4.39 Å². The molecule has 1 aromatic carbocycles. The Bertz CT molecular complexity index is 508. The van der Waals surface area contributed by atoms with E-state index in [2.05, 4.69) is 10.2 Å². The third-order valence-electron chi connectivity index (χ3n) is 2.14. The highest BCUT2D eigenvalue weighted by atomic mass is 35.5. The first kappa shape index (κ1) is 10.5. The minimum atomic E-state index is -0.409. The molecule has 0 saturated carbocycles. The average Bonchev–Trinajstić information content (AvgIpc) is 2.49. The van der Waals surface area contributed by atoms with Crippen LogP contribution in [0.5, 0.6) is 0 Å². The fourth-order valence-corrected chi connectivity index (χ4v) is 1.61. The lowest BCUT2D eigenvalue weighted by molar-refractivity contribution is 0.630. The second-order valence-corrected chi connectivity index (χ2v) is 3.95. The van der Waals surface area contributed by atoms with Crippen LogP contribution in [0.4, 0.5) is 4.39 Å². The fraction of sp³-hybridized carbons (Fsp3) is 0.100. The van der Waals surface area contributed by atoms with Crippen LogP contribution < -0.4 is 0 Å². The number of halogens is 3. The first-order valence-electron chi connectivity index (χ1n) is 4.25. The minimum Gasteiger partial charge on any atom is -0.266 e. The Kier molecular flexibility index (Phi) is 2.67. The zero-order valence-electron chi connectivity index (χ0n) is 7.81. The van der Waals surface area contributed by atoms with E-state index in [1.54, 1.807) is 19.1 Å². The summed E-state index contributed by atoms with van der Waals surface area (Å²) in [6, 6.07) is 4.44. The molecule has 0 amide bonds. The summed E-state index contributed by atoms with van der Waals surface area (Å²) in [5.41, 5.74) is 1.62. The van der Waals surface area contributed by atoms with Crippen LogP contribution in [0.2, 0.25) is 10.2 Å². The number of rotatable bonds is 1. The van der Waals surface area contributed by atoms with Gasteiger partial charge in [0.15, 0.2) is 0 Å². The first-order valence-corrected chi connectivity index (χ1v) is 5.01. The minimum absolute atomic E-state index is 0.357. The lowest BCUT2D eigenvalue weighted by Crippen LogP contribution is -1.86. The lowest BCUT2D eigenvalue weighted by atomic mass is 10.1. The second-order valence-electron chi connectivity index (χ2n) is 3.14. The van der Waals surface area contributed by atoms with Crippen LogP contribution in [0.1, 0.15) is 5.56 Å². The van der Waals surface area contributed by atoms with Crippen molar-refractivity contribution in [3.63, 3.8) is 0 Å². The van der Waals surface area contributed by atoms with Crippen LogP contribution in [0.15, 0.2) is 18.2 Å². The van der Waals surface area contributed by atoms with Crippen LogP contribution in [-0.2, 0) is 0 Å². The van der Waals surface area contributed by atoms with E-state index in [0.29, 0.717) is 21.4 Å². The van der Waals surface area contributed by atoms with Gasteiger partial charge in [-0.2, -0.15) is 5.10 Å². The average molecular weight is 245 g/mol. The number of nitrogens with zero attached hydrogens (tertiary/aromatic N) is 1. The van der Waals surface area contributed by atoms with Crippen LogP contribution in [0, 0.1) is 12.7 Å². The van der Waals surface area contributed by atoms with Crippen LogP contribution >= 0.6 is 23.2 Å². The molecule has 78 valence electrons. The normalized spacial score (nSPS) is 10.7. The predicted molar refractivity (Wildman–Crippen MR) is 58.7 cm³/mol. The van der Waals surface area contributed by atoms with Gasteiger partial charge in [-0.15, -0.1) is 0 Å². The molecule has 2 aromatic rings. The van der Waals surface area contributed by atoms with Crippen molar-refractivity contribution < 1.29 is 4.39 Å². The van der Waals surface area contributed by atoms with Crippen molar-refractivity contribution >= 4 is 23.2 Å². The molecule has 0 spiro atoms. The van der Waals surface area contributed by atoms with E-state index >= 15 is 0 Å². The van der Waals surface area contributed by atoms with Gasteiger partial charge in [0.05, 0.1) is 5.69 Å². The molecule has 2 nitrogen and oxygen atoms in total. The van der Waals surface area contributed by atoms with Gasteiger partial charge in [-0.3, -0.25) is 5.10 Å². The van der Waals surface area contributed by atoms with Crippen molar-refractivity contribution in [2.45, 2.75) is 6.92 Å². The van der Waals surface area contributed by atoms with Gasteiger partial charge >= 0.3 is 0 Å². The number of hydrogen-bond donors (Lipinski definition) is 1. The summed E-state index contributed by atoms with van der Waals surface area (Å²) in [5, 5.41) is 7.30. The molecule has 0 atom stereocenters. The van der Waals surface area contributed by atoms with Crippen LogP contribution in [0.25, 0.3) is 11.3 Å². The van der Waals surface area contributed by atoms with E-state index in [1.807, 2.05) is 0 Å². The standard InChI is InChI=1S/C10H7Cl2FN2/c1-5-9(14-15-10(5)12)7-3-2-6(11)4-8(7)13/h2-4H,1H3,(H,14,15). The van der Waals surface area contributed by atoms with Crippen molar-refractivity contribution in [3.05, 3.63) is 39.8 Å². The van der Waals surface area contributed by atoms with E-state index < -0.39 is 5.82 Å². The van der Waals surface area contributed by atoms with E-state index in [-0.39, 0.29) is 0 Å². The molecule has 1 aromatic heterocycles. The number of aromatic nitrogens is 2. The van der Waals surface area contributed by atoms with Gasteiger partial charge in [0.2, 0.25) is 0 Å². The Balaban J connectivity index is 2.59. The number of H-pyrrole nitrogens is 1. The van der Waals surface area contributed by atoms with Crippen molar-refractivity contribution in [1.29, 1.82) is 0 Å². The number of hydrogen-bond acceptors (Lipinski definition) is 1. The summed E-state index contributed by atoms with van der Waals surface area (Å²) in [4.78, 5) is 0. The Morgan fingerprint density at radius 2 is 2.07 bits per heavy atom. The zero-order valence-corrected chi connectivity index (χ0v) is 9.33. The highest BCUT2D eigenvalue weighted by Gasteiger charge is 2.13. The summed E-state index contributed by atoms with van der Waals surface area (Å²) >= 11 is 11.5. The molecule has 0 unspecified atom stereocenters. The maximum Gasteiger partial charge on any atom is 0.134 e. The summed E-state index contributed by atoms with van der Waals surface area (Å²) in [7, 11) is 0. The molecule has 0 radical (unpaired) electrons. The number of nitrogens with one attached hydrogen (secondary N) is 1. The monoisotopic (exact) mass is 244 g/mol. The second kappa shape index (κ2) is 3.83. The maximum atomic E-state index is 13.5. The van der Waals surface area contributed by atoms with E-state index in [0.717, 1.165) is 5.56 Å². The van der Waals surface area contributed by atoms with Gasteiger partial charge in [-0.25, -0.2) is 4.39 Å². The molecule has 0 aliphatic rings. The molecule has 0 saturated heterocycles. The quantitative estimate of drug-likeness (QED) is 0.812. The van der Waals surface area contributed by atoms with Gasteiger partial charge in [-0.05, 0) is 25.1 Å². The molecule has 1 heterocycles. The zero-order chi connectivity index (χ0) is 11.0. The van der Waals surface area contributed by atoms with Gasteiger partial charge in [-0.1, -0.05) is 23.2 Å². The number of aromatic amines is 1. The molecule has 0 bridgehead atoms. The predicted octanol–water partition coefficient (Wildman–Crippen LogP) is 3.83. The van der Waals surface area contributed by atoms with Gasteiger partial charge in [0.25, 0.3) is 0 Å². The summed E-state index contributed by atoms with van der Waals surface area (Å²) in [6.07, 6.45) is 0. The molecule has 15 heavy (non-hydrogen) atoms. The lowest BCUT2D eigenvalue weighted by Gasteiger charge is -2.01. The van der Waals surface area contributed by atoms with Gasteiger partial charge < -0.3 is 0 Å². The molecule has 5 heteroatoms. The Hall–Kier alpha value is -1.06. The van der Waals surface area contributed by atoms with Gasteiger partial charge in [0, 0.05) is 16.1 Å². The molecule has 1 N–H and O–H groups in total. The molecular weight excluding hydrogens is 238 g/mol.